The van der Waals surface area contributed by atoms with E-state index in [1.807, 2.05) is 32.9 Å². The average molecular weight is 451 g/mol. The van der Waals surface area contributed by atoms with Crippen LogP contribution < -0.4 is 5.32 Å². The number of thioether (sulfide) groups is 1. The molecule has 0 saturated carbocycles. The Bertz CT molecular complexity index is 851. The Hall–Kier alpha value is -2.05. The molecular formula is C23H28ClFN2O2S. The van der Waals surface area contributed by atoms with Crippen LogP contribution in [0, 0.1) is 5.82 Å². The summed E-state index contributed by atoms with van der Waals surface area (Å²) in [7, 11) is 0. The van der Waals surface area contributed by atoms with E-state index in [9.17, 15) is 14.0 Å². The molecule has 1 N–H and O–H groups in total. The Balaban J connectivity index is 2.08. The molecule has 2 amide bonds. The van der Waals surface area contributed by atoms with Crippen LogP contribution in [-0.2, 0) is 21.9 Å². The molecule has 2 aromatic carbocycles. The second-order valence-corrected chi connectivity index (χ2v) is 9.60. The zero-order valence-corrected chi connectivity index (χ0v) is 19.3. The summed E-state index contributed by atoms with van der Waals surface area (Å²) in [5.74, 6) is 0.191. The van der Waals surface area contributed by atoms with Crippen molar-refractivity contribution in [1.82, 2.24) is 10.2 Å². The number of amides is 2. The molecule has 30 heavy (non-hydrogen) atoms. The standard InChI is InChI=1S/C23H28ClFN2O2S/c1-16(22(29)26-23(2,3)4)27(13-17-5-9-19(24)10-6-17)21(28)15-30-14-18-7-11-20(25)12-8-18/h5-12,16H,13-15H2,1-4H3,(H,26,29). The van der Waals surface area contributed by atoms with Gasteiger partial charge in [-0.25, -0.2) is 4.39 Å². The van der Waals surface area contributed by atoms with Crippen molar-refractivity contribution in [2.75, 3.05) is 5.75 Å². The Kier molecular flexibility index (Phi) is 8.74. The van der Waals surface area contributed by atoms with Crippen LogP contribution in [0.15, 0.2) is 48.5 Å². The number of rotatable bonds is 8. The van der Waals surface area contributed by atoms with E-state index in [-0.39, 0.29) is 23.4 Å². The number of carbonyl (C=O) groups is 2. The van der Waals surface area contributed by atoms with Gasteiger partial charge in [-0.2, -0.15) is 0 Å². The van der Waals surface area contributed by atoms with Crippen LogP contribution in [0.3, 0.4) is 0 Å². The summed E-state index contributed by atoms with van der Waals surface area (Å²) in [5.41, 5.74) is 1.45. The van der Waals surface area contributed by atoms with Crippen molar-refractivity contribution in [2.45, 2.75) is 51.6 Å². The van der Waals surface area contributed by atoms with Crippen LogP contribution in [0.2, 0.25) is 5.02 Å². The molecule has 0 bridgehead atoms. The minimum atomic E-state index is -0.626. The van der Waals surface area contributed by atoms with Gasteiger partial charge in [0.15, 0.2) is 0 Å². The summed E-state index contributed by atoms with van der Waals surface area (Å²) in [4.78, 5) is 27.3. The van der Waals surface area contributed by atoms with Crippen molar-refractivity contribution in [2.24, 2.45) is 0 Å². The van der Waals surface area contributed by atoms with Crippen LogP contribution in [0.4, 0.5) is 4.39 Å². The molecule has 2 rings (SSSR count). The van der Waals surface area contributed by atoms with Crippen molar-refractivity contribution >= 4 is 35.2 Å². The monoisotopic (exact) mass is 450 g/mol. The Morgan fingerprint density at radius 3 is 2.20 bits per heavy atom. The lowest BCUT2D eigenvalue weighted by atomic mass is 10.1. The van der Waals surface area contributed by atoms with Gasteiger partial charge in [0.05, 0.1) is 5.75 Å². The van der Waals surface area contributed by atoms with Crippen molar-refractivity contribution in [3.8, 4) is 0 Å². The molecule has 1 atom stereocenters. The Labute approximate surface area is 187 Å². The summed E-state index contributed by atoms with van der Waals surface area (Å²) in [5, 5.41) is 3.56. The Morgan fingerprint density at radius 1 is 1.07 bits per heavy atom. The van der Waals surface area contributed by atoms with E-state index in [1.165, 1.54) is 23.9 Å². The number of carbonyl (C=O) groups excluding carboxylic acids is 2. The van der Waals surface area contributed by atoms with Crippen molar-refractivity contribution < 1.29 is 14.0 Å². The lowest BCUT2D eigenvalue weighted by Crippen LogP contribution is -2.52. The van der Waals surface area contributed by atoms with Crippen molar-refractivity contribution in [1.29, 1.82) is 0 Å². The number of nitrogens with zero attached hydrogens (tertiary/aromatic N) is 1. The number of hydrogen-bond acceptors (Lipinski definition) is 3. The SMILES string of the molecule is CC(C(=O)NC(C)(C)C)N(Cc1ccc(Cl)cc1)C(=O)CSCc1ccc(F)cc1. The Morgan fingerprint density at radius 2 is 1.63 bits per heavy atom. The van der Waals surface area contributed by atoms with Gasteiger partial charge in [0.1, 0.15) is 11.9 Å². The predicted molar refractivity (Wildman–Crippen MR) is 122 cm³/mol. The highest BCUT2D eigenvalue weighted by molar-refractivity contribution is 7.99. The first-order valence-corrected chi connectivity index (χ1v) is 11.3. The summed E-state index contributed by atoms with van der Waals surface area (Å²) < 4.78 is 13.0. The summed E-state index contributed by atoms with van der Waals surface area (Å²) in [6.07, 6.45) is 0. The highest BCUT2D eigenvalue weighted by Crippen LogP contribution is 2.18. The lowest BCUT2D eigenvalue weighted by molar-refractivity contribution is -0.139. The molecule has 162 valence electrons. The molecule has 1 unspecified atom stereocenters. The van der Waals surface area contributed by atoms with Gasteiger partial charge >= 0.3 is 0 Å². The highest BCUT2D eigenvalue weighted by atomic mass is 35.5. The predicted octanol–water partition coefficient (Wildman–Crippen LogP) is 5.04. The molecular weight excluding hydrogens is 423 g/mol. The first-order chi connectivity index (χ1) is 14.0. The second kappa shape index (κ2) is 10.8. The zero-order valence-electron chi connectivity index (χ0n) is 17.7. The van der Waals surface area contributed by atoms with Gasteiger partial charge in [0.25, 0.3) is 0 Å². The second-order valence-electron chi connectivity index (χ2n) is 8.18. The van der Waals surface area contributed by atoms with Crippen LogP contribution in [0.25, 0.3) is 0 Å². The average Bonchev–Trinajstić information content (AvgIpc) is 2.67. The fraction of sp³-hybridized carbons (Fsp3) is 0.391. The molecule has 0 radical (unpaired) electrons. The van der Waals surface area contributed by atoms with Gasteiger partial charge in [-0.1, -0.05) is 35.9 Å². The first kappa shape index (κ1) is 24.2. The fourth-order valence-electron chi connectivity index (χ4n) is 2.76. The molecule has 0 spiro atoms. The van der Waals surface area contributed by atoms with Crippen molar-refractivity contribution in [3.05, 3.63) is 70.5 Å². The molecule has 0 saturated heterocycles. The van der Waals surface area contributed by atoms with Crippen LogP contribution >= 0.6 is 23.4 Å². The third-order valence-electron chi connectivity index (χ3n) is 4.34. The maximum absolute atomic E-state index is 13.0. The van der Waals surface area contributed by atoms with E-state index < -0.39 is 11.6 Å². The van der Waals surface area contributed by atoms with Gasteiger partial charge in [0, 0.05) is 22.9 Å². The van der Waals surface area contributed by atoms with E-state index in [1.54, 1.807) is 36.1 Å². The number of hydrogen-bond donors (Lipinski definition) is 1. The van der Waals surface area contributed by atoms with E-state index in [0.717, 1.165) is 11.1 Å². The minimum absolute atomic E-state index is 0.131. The van der Waals surface area contributed by atoms with Crippen LogP contribution in [0.1, 0.15) is 38.8 Å². The van der Waals surface area contributed by atoms with Gasteiger partial charge in [-0.15, -0.1) is 11.8 Å². The third-order valence-corrected chi connectivity index (χ3v) is 5.58. The van der Waals surface area contributed by atoms with Crippen molar-refractivity contribution in [3.63, 3.8) is 0 Å². The molecule has 0 fully saturated rings. The van der Waals surface area contributed by atoms with Gasteiger partial charge < -0.3 is 10.2 Å². The summed E-state index contributed by atoms with van der Waals surface area (Å²) in [6.45, 7) is 7.76. The maximum atomic E-state index is 13.0. The van der Waals surface area contributed by atoms with E-state index >= 15 is 0 Å². The quantitative estimate of drug-likeness (QED) is 0.612. The molecule has 0 aliphatic rings. The summed E-state index contributed by atoms with van der Waals surface area (Å²) in [6, 6.07) is 12.8. The maximum Gasteiger partial charge on any atom is 0.242 e. The molecule has 2 aromatic rings. The number of nitrogens with one attached hydrogen (secondary N) is 1. The van der Waals surface area contributed by atoms with E-state index in [4.69, 9.17) is 11.6 Å². The molecule has 0 aromatic heterocycles. The molecule has 0 heterocycles. The van der Waals surface area contributed by atoms with Gasteiger partial charge in [0.2, 0.25) is 11.8 Å². The number of benzene rings is 2. The first-order valence-electron chi connectivity index (χ1n) is 9.73. The smallest absolute Gasteiger partial charge is 0.242 e. The molecule has 4 nitrogen and oxygen atoms in total. The zero-order chi connectivity index (χ0) is 22.3. The van der Waals surface area contributed by atoms with E-state index in [0.29, 0.717) is 17.3 Å². The summed E-state index contributed by atoms with van der Waals surface area (Å²) >= 11 is 7.40. The molecule has 0 aliphatic carbocycles. The highest BCUT2D eigenvalue weighted by Gasteiger charge is 2.28. The third kappa shape index (κ3) is 8.00. The topological polar surface area (TPSA) is 49.4 Å². The fourth-order valence-corrected chi connectivity index (χ4v) is 3.76. The molecule has 7 heteroatoms. The van der Waals surface area contributed by atoms with Crippen LogP contribution in [-0.4, -0.2) is 34.0 Å². The molecule has 0 aliphatic heterocycles. The number of halogens is 2. The largest absolute Gasteiger partial charge is 0.350 e. The van der Waals surface area contributed by atoms with Gasteiger partial charge in [-0.05, 0) is 63.1 Å². The van der Waals surface area contributed by atoms with Gasteiger partial charge in [-0.3, -0.25) is 9.59 Å². The normalized spacial score (nSPS) is 12.3. The lowest BCUT2D eigenvalue weighted by Gasteiger charge is -2.31. The van der Waals surface area contributed by atoms with Crippen LogP contribution in [0.5, 0.6) is 0 Å². The van der Waals surface area contributed by atoms with E-state index in [2.05, 4.69) is 5.32 Å². The minimum Gasteiger partial charge on any atom is -0.350 e.